The summed E-state index contributed by atoms with van der Waals surface area (Å²) in [5.41, 5.74) is 1.74. The maximum absolute atomic E-state index is 12.5. The molecule has 2 aromatic rings. The minimum atomic E-state index is -3.55. The van der Waals surface area contributed by atoms with Crippen molar-refractivity contribution in [2.24, 2.45) is 0 Å². The summed E-state index contributed by atoms with van der Waals surface area (Å²) in [6.45, 7) is 4.51. The van der Waals surface area contributed by atoms with Gasteiger partial charge in [-0.3, -0.25) is 4.79 Å². The van der Waals surface area contributed by atoms with E-state index in [1.165, 1.54) is 34.1 Å². The number of aryl methyl sites for hydroxylation is 1. The van der Waals surface area contributed by atoms with Crippen molar-refractivity contribution >= 4 is 15.9 Å². The van der Waals surface area contributed by atoms with Crippen LogP contribution >= 0.6 is 0 Å². The number of carbonyl (C=O) groups is 1. The van der Waals surface area contributed by atoms with E-state index in [0.717, 1.165) is 12.0 Å². The number of hydrogen-bond donors (Lipinski definition) is 2. The van der Waals surface area contributed by atoms with Crippen molar-refractivity contribution < 1.29 is 18.3 Å². The van der Waals surface area contributed by atoms with Gasteiger partial charge in [0, 0.05) is 31.6 Å². The quantitative estimate of drug-likeness (QED) is 0.726. The summed E-state index contributed by atoms with van der Waals surface area (Å²) in [4.78, 5) is 12.7. The second-order valence-electron chi connectivity index (χ2n) is 7.47. The Morgan fingerprint density at radius 3 is 2.31 bits per heavy atom. The van der Waals surface area contributed by atoms with E-state index in [1.54, 1.807) is 13.8 Å². The van der Waals surface area contributed by atoms with Crippen molar-refractivity contribution in [1.82, 2.24) is 9.62 Å². The molecule has 0 aromatic heterocycles. The Morgan fingerprint density at radius 2 is 1.69 bits per heavy atom. The molecule has 0 spiro atoms. The highest BCUT2D eigenvalue weighted by Gasteiger charge is 2.32. The van der Waals surface area contributed by atoms with Gasteiger partial charge in [-0.2, -0.15) is 4.31 Å². The minimum absolute atomic E-state index is 0.152. The molecule has 1 amide bonds. The smallest absolute Gasteiger partial charge is 0.251 e. The molecule has 1 aliphatic rings. The van der Waals surface area contributed by atoms with Crippen molar-refractivity contribution in [3.8, 4) is 0 Å². The molecule has 0 radical (unpaired) electrons. The molecule has 6 nitrogen and oxygen atoms in total. The highest BCUT2D eigenvalue weighted by Crippen LogP contribution is 2.28. The first kappa shape index (κ1) is 21.5. The number of nitrogens with zero attached hydrogens (tertiary/aromatic N) is 1. The number of carbonyl (C=O) groups excluding carboxylic acids is 1. The van der Waals surface area contributed by atoms with Crippen LogP contribution in [0.2, 0.25) is 0 Å². The fraction of sp³-hybridized carbons (Fsp3) is 0.409. The summed E-state index contributed by atoms with van der Waals surface area (Å²) >= 11 is 0. The van der Waals surface area contributed by atoms with Crippen LogP contribution in [0.15, 0.2) is 53.4 Å². The molecule has 2 aromatic carbocycles. The Morgan fingerprint density at radius 1 is 1.07 bits per heavy atom. The first-order valence-electron chi connectivity index (χ1n) is 9.96. The topological polar surface area (TPSA) is 86.7 Å². The van der Waals surface area contributed by atoms with Crippen molar-refractivity contribution in [1.29, 1.82) is 0 Å². The normalized spacial score (nSPS) is 19.0. The number of benzene rings is 2. The van der Waals surface area contributed by atoms with Gasteiger partial charge in [-0.15, -0.1) is 0 Å². The Labute approximate surface area is 172 Å². The average Bonchev–Trinajstić information content (AvgIpc) is 2.73. The van der Waals surface area contributed by atoms with Crippen LogP contribution in [0.4, 0.5) is 0 Å². The molecule has 1 atom stereocenters. The Hall–Kier alpha value is -2.22. The summed E-state index contributed by atoms with van der Waals surface area (Å²) in [5, 5.41) is 13.7. The van der Waals surface area contributed by atoms with Gasteiger partial charge in [0.1, 0.15) is 0 Å². The van der Waals surface area contributed by atoms with E-state index in [9.17, 15) is 18.3 Å². The van der Waals surface area contributed by atoms with Crippen molar-refractivity contribution in [3.63, 3.8) is 0 Å². The lowest BCUT2D eigenvalue weighted by Crippen LogP contribution is -2.46. The van der Waals surface area contributed by atoms with E-state index < -0.39 is 15.6 Å². The molecule has 7 heteroatoms. The predicted molar refractivity (Wildman–Crippen MR) is 112 cm³/mol. The van der Waals surface area contributed by atoms with E-state index in [4.69, 9.17) is 0 Å². The summed E-state index contributed by atoms with van der Waals surface area (Å²) in [6, 6.07) is 13.9. The van der Waals surface area contributed by atoms with E-state index in [2.05, 4.69) is 11.4 Å². The zero-order valence-corrected chi connectivity index (χ0v) is 17.7. The van der Waals surface area contributed by atoms with Gasteiger partial charge in [0.25, 0.3) is 5.91 Å². The van der Waals surface area contributed by atoms with Crippen molar-refractivity contribution in [2.75, 3.05) is 19.6 Å². The second-order valence-corrected chi connectivity index (χ2v) is 9.40. The van der Waals surface area contributed by atoms with Crippen LogP contribution in [-0.2, 0) is 22.9 Å². The summed E-state index contributed by atoms with van der Waals surface area (Å²) in [7, 11) is -3.55. The SMILES string of the molecule is CCN(CC)S(=O)(=O)c1ccc(C(=O)NCC2(O)CCc3ccccc3C2)cc1. The van der Waals surface area contributed by atoms with Gasteiger partial charge in [-0.25, -0.2) is 8.42 Å². The van der Waals surface area contributed by atoms with E-state index in [1.807, 2.05) is 18.2 Å². The van der Waals surface area contributed by atoms with Gasteiger partial charge in [0.05, 0.1) is 10.5 Å². The monoisotopic (exact) mass is 416 g/mol. The van der Waals surface area contributed by atoms with Crippen LogP contribution < -0.4 is 5.32 Å². The molecule has 2 N–H and O–H groups in total. The Kier molecular flexibility index (Phi) is 6.41. The van der Waals surface area contributed by atoms with Crippen LogP contribution in [-0.4, -0.2) is 49.0 Å². The van der Waals surface area contributed by atoms with Crippen LogP contribution in [0.25, 0.3) is 0 Å². The van der Waals surface area contributed by atoms with Gasteiger partial charge < -0.3 is 10.4 Å². The molecule has 3 rings (SSSR count). The molecule has 0 saturated heterocycles. The van der Waals surface area contributed by atoms with E-state index in [-0.39, 0.29) is 17.3 Å². The molecule has 0 bridgehead atoms. The molecular weight excluding hydrogens is 388 g/mol. The molecule has 29 heavy (non-hydrogen) atoms. The summed E-state index contributed by atoms with van der Waals surface area (Å²) < 4.78 is 26.5. The summed E-state index contributed by atoms with van der Waals surface area (Å²) in [6.07, 6.45) is 1.87. The Balaban J connectivity index is 1.65. The number of hydrogen-bond acceptors (Lipinski definition) is 4. The van der Waals surface area contributed by atoms with Gasteiger partial charge in [0.15, 0.2) is 0 Å². The maximum Gasteiger partial charge on any atom is 0.251 e. The van der Waals surface area contributed by atoms with Crippen LogP contribution in [0.3, 0.4) is 0 Å². The lowest BCUT2D eigenvalue weighted by atomic mass is 9.80. The molecule has 0 heterocycles. The maximum atomic E-state index is 12.5. The van der Waals surface area contributed by atoms with Crippen LogP contribution in [0.5, 0.6) is 0 Å². The lowest BCUT2D eigenvalue weighted by Gasteiger charge is -2.33. The number of nitrogens with one attached hydrogen (secondary N) is 1. The molecular formula is C22H28N2O4S. The van der Waals surface area contributed by atoms with Gasteiger partial charge in [-0.05, 0) is 48.2 Å². The largest absolute Gasteiger partial charge is 0.388 e. The highest BCUT2D eigenvalue weighted by molar-refractivity contribution is 7.89. The Bertz CT molecular complexity index is 969. The molecule has 156 valence electrons. The van der Waals surface area contributed by atoms with E-state index in [0.29, 0.717) is 31.5 Å². The third-order valence-corrected chi connectivity index (χ3v) is 7.60. The van der Waals surface area contributed by atoms with Gasteiger partial charge >= 0.3 is 0 Å². The first-order valence-corrected chi connectivity index (χ1v) is 11.4. The zero-order chi connectivity index (χ0) is 21.1. The fourth-order valence-corrected chi connectivity index (χ4v) is 5.23. The number of fused-ring (bicyclic) bond motifs is 1. The zero-order valence-electron chi connectivity index (χ0n) is 16.9. The molecule has 1 aliphatic carbocycles. The van der Waals surface area contributed by atoms with E-state index >= 15 is 0 Å². The predicted octanol–water partition coefficient (Wildman–Crippen LogP) is 2.37. The molecule has 0 fully saturated rings. The third-order valence-electron chi connectivity index (χ3n) is 5.54. The van der Waals surface area contributed by atoms with Crippen molar-refractivity contribution in [3.05, 3.63) is 65.2 Å². The number of sulfonamides is 1. The van der Waals surface area contributed by atoms with Gasteiger partial charge in [0.2, 0.25) is 10.0 Å². The van der Waals surface area contributed by atoms with Gasteiger partial charge in [-0.1, -0.05) is 38.1 Å². The standard InChI is InChI=1S/C22H28N2O4S/c1-3-24(4-2)29(27,28)20-11-9-18(10-12-20)21(25)23-16-22(26)14-13-17-7-5-6-8-19(17)15-22/h5-12,26H,3-4,13-16H2,1-2H3,(H,23,25). The number of aliphatic hydroxyl groups is 1. The molecule has 0 saturated carbocycles. The molecule has 1 unspecified atom stereocenters. The number of rotatable bonds is 7. The lowest BCUT2D eigenvalue weighted by molar-refractivity contribution is 0.0260. The van der Waals surface area contributed by atoms with Crippen molar-refractivity contribution in [2.45, 2.75) is 43.6 Å². The van der Waals surface area contributed by atoms with Crippen LogP contribution in [0, 0.1) is 0 Å². The fourth-order valence-electron chi connectivity index (χ4n) is 3.77. The first-order chi connectivity index (χ1) is 13.8. The third kappa shape index (κ3) is 4.69. The molecule has 0 aliphatic heterocycles. The van der Waals surface area contributed by atoms with Crippen LogP contribution in [0.1, 0.15) is 41.8 Å². The second kappa shape index (κ2) is 8.65. The number of amides is 1. The highest BCUT2D eigenvalue weighted by atomic mass is 32.2. The average molecular weight is 417 g/mol. The summed E-state index contributed by atoms with van der Waals surface area (Å²) in [5.74, 6) is -0.330. The minimum Gasteiger partial charge on any atom is -0.388 e.